The van der Waals surface area contributed by atoms with Gasteiger partial charge in [0, 0.05) is 20.0 Å². The van der Waals surface area contributed by atoms with Gasteiger partial charge in [-0.2, -0.15) is 0 Å². The first-order valence-corrected chi connectivity index (χ1v) is 9.23. The van der Waals surface area contributed by atoms with Crippen molar-refractivity contribution >= 4 is 23.7 Å². The molecule has 3 amide bonds. The number of urea groups is 1. The van der Waals surface area contributed by atoms with Crippen molar-refractivity contribution in [2.75, 3.05) is 7.05 Å². The lowest BCUT2D eigenvalue weighted by atomic mass is 10.1. The fourth-order valence-corrected chi connectivity index (χ4v) is 3.87. The van der Waals surface area contributed by atoms with Crippen LogP contribution in [0, 0.1) is 0 Å². The van der Waals surface area contributed by atoms with E-state index in [0.717, 1.165) is 42.4 Å². The number of amides is 3. The summed E-state index contributed by atoms with van der Waals surface area (Å²) in [4.78, 5) is 24.2. The second-order valence-electron chi connectivity index (χ2n) is 5.84. The van der Waals surface area contributed by atoms with Gasteiger partial charge in [0.2, 0.25) is 5.91 Å². The highest BCUT2D eigenvalue weighted by molar-refractivity contribution is 8.00. The topological polar surface area (TPSA) is 88.9 Å². The van der Waals surface area contributed by atoms with Crippen LogP contribution in [-0.4, -0.2) is 33.8 Å². The lowest BCUT2D eigenvalue weighted by molar-refractivity contribution is -0.119. The van der Waals surface area contributed by atoms with E-state index in [9.17, 15) is 9.59 Å². The lowest BCUT2D eigenvalue weighted by Crippen LogP contribution is -2.39. The van der Waals surface area contributed by atoms with Gasteiger partial charge in [0.05, 0.1) is 0 Å². The van der Waals surface area contributed by atoms with Gasteiger partial charge in [-0.15, -0.1) is 10.2 Å². The van der Waals surface area contributed by atoms with Gasteiger partial charge in [0.15, 0.2) is 5.16 Å². The number of rotatable bonds is 4. The molecular weight excluding hydrogens is 338 g/mol. The molecule has 2 N–H and O–H groups in total. The lowest BCUT2D eigenvalue weighted by Gasteiger charge is -2.16. The maximum Gasteiger partial charge on any atom is 0.321 e. The Hall–Kier alpha value is -2.35. The number of aromatic nitrogens is 3. The van der Waals surface area contributed by atoms with Crippen LogP contribution in [-0.2, 0) is 17.8 Å². The fraction of sp³-hybridized carbons (Fsp3) is 0.412. The first-order valence-electron chi connectivity index (χ1n) is 8.35. The Morgan fingerprint density at radius 1 is 1.16 bits per heavy atom. The summed E-state index contributed by atoms with van der Waals surface area (Å²) in [6.07, 6.45) is 4.28. The van der Waals surface area contributed by atoms with Crippen LogP contribution in [0.15, 0.2) is 35.5 Å². The number of benzene rings is 1. The summed E-state index contributed by atoms with van der Waals surface area (Å²) >= 11 is 1.33. The van der Waals surface area contributed by atoms with Crippen LogP contribution in [0.5, 0.6) is 0 Å². The largest absolute Gasteiger partial charge is 0.341 e. The second-order valence-corrected chi connectivity index (χ2v) is 6.91. The molecular formula is C17H21N5O2S. The summed E-state index contributed by atoms with van der Waals surface area (Å²) in [6.45, 7) is 0.864. The van der Waals surface area contributed by atoms with Crippen molar-refractivity contribution in [3.8, 4) is 0 Å². The minimum atomic E-state index is -0.574. The third-order valence-corrected chi connectivity index (χ3v) is 5.34. The van der Waals surface area contributed by atoms with Crippen LogP contribution in [0.1, 0.15) is 35.9 Å². The number of aryl methyl sites for hydroxylation is 1. The summed E-state index contributed by atoms with van der Waals surface area (Å²) < 4.78 is 2.10. The highest BCUT2D eigenvalue weighted by Gasteiger charge is 2.27. The highest BCUT2D eigenvalue weighted by atomic mass is 32.2. The fourth-order valence-electron chi connectivity index (χ4n) is 2.79. The molecule has 0 spiro atoms. The van der Waals surface area contributed by atoms with E-state index >= 15 is 0 Å². The molecule has 132 valence electrons. The van der Waals surface area contributed by atoms with Crippen molar-refractivity contribution < 1.29 is 9.59 Å². The van der Waals surface area contributed by atoms with Crippen molar-refractivity contribution in [1.82, 2.24) is 25.4 Å². The van der Waals surface area contributed by atoms with Crippen LogP contribution < -0.4 is 10.6 Å². The van der Waals surface area contributed by atoms with Crippen LogP contribution in [0.3, 0.4) is 0 Å². The number of imide groups is 1. The van der Waals surface area contributed by atoms with Crippen LogP contribution in [0.4, 0.5) is 4.79 Å². The Balaban J connectivity index is 1.86. The Bertz CT molecular complexity index is 747. The quantitative estimate of drug-likeness (QED) is 0.818. The van der Waals surface area contributed by atoms with Gasteiger partial charge in [-0.1, -0.05) is 48.5 Å². The summed E-state index contributed by atoms with van der Waals surface area (Å²) in [5.74, 6) is 0.597. The zero-order chi connectivity index (χ0) is 17.6. The summed E-state index contributed by atoms with van der Waals surface area (Å²) in [5.41, 5.74) is 0.819. The van der Waals surface area contributed by atoms with Gasteiger partial charge >= 0.3 is 6.03 Å². The third-order valence-electron chi connectivity index (χ3n) is 4.10. The van der Waals surface area contributed by atoms with Crippen LogP contribution in [0.2, 0.25) is 0 Å². The third kappa shape index (κ3) is 4.19. The van der Waals surface area contributed by atoms with Gasteiger partial charge in [-0.3, -0.25) is 10.1 Å². The van der Waals surface area contributed by atoms with Gasteiger partial charge in [0.25, 0.3) is 0 Å². The Labute approximate surface area is 150 Å². The van der Waals surface area contributed by atoms with Crippen molar-refractivity contribution in [2.45, 2.75) is 42.6 Å². The number of nitrogens with zero attached hydrogens (tertiary/aromatic N) is 3. The minimum absolute atomic E-state index is 0.374. The van der Waals surface area contributed by atoms with Gasteiger partial charge in [-0.05, 0) is 18.4 Å². The van der Waals surface area contributed by atoms with Crippen molar-refractivity contribution in [3.63, 3.8) is 0 Å². The molecule has 8 heteroatoms. The van der Waals surface area contributed by atoms with Crippen LogP contribution >= 0.6 is 11.8 Å². The first-order chi connectivity index (χ1) is 12.2. The molecule has 0 aliphatic carbocycles. The Morgan fingerprint density at radius 2 is 1.96 bits per heavy atom. The summed E-state index contributed by atoms with van der Waals surface area (Å²) in [7, 11) is 1.48. The van der Waals surface area contributed by atoms with E-state index in [4.69, 9.17) is 0 Å². The number of carbonyl (C=O) groups is 2. The average Bonchev–Trinajstić information content (AvgIpc) is 2.86. The SMILES string of the molecule is CNC(=O)NC(=O)[C@H](Sc1nnc2n1CCCCC2)c1ccccc1. The maximum atomic E-state index is 12.6. The highest BCUT2D eigenvalue weighted by Crippen LogP contribution is 2.35. The normalized spacial score (nSPS) is 14.9. The molecule has 0 saturated carbocycles. The van der Waals surface area contributed by atoms with Crippen molar-refractivity contribution in [2.24, 2.45) is 0 Å². The predicted octanol–water partition coefficient (Wildman–Crippen LogP) is 2.29. The van der Waals surface area contributed by atoms with E-state index in [-0.39, 0.29) is 5.91 Å². The number of fused-ring (bicyclic) bond motifs is 1. The summed E-state index contributed by atoms with van der Waals surface area (Å²) in [5, 5.41) is 13.5. The molecule has 0 saturated heterocycles. The summed E-state index contributed by atoms with van der Waals surface area (Å²) in [6, 6.07) is 8.87. The zero-order valence-electron chi connectivity index (χ0n) is 14.1. The standard InChI is InChI=1S/C17H21N5O2S/c1-18-16(24)19-15(23)14(12-8-4-2-5-9-12)25-17-21-20-13-10-6-3-7-11-22(13)17/h2,4-5,8-9,14H,3,6-7,10-11H2,1H3,(H2,18,19,23,24)/t14-/m1/s1. The maximum absolute atomic E-state index is 12.6. The first kappa shape index (κ1) is 17.5. The molecule has 0 radical (unpaired) electrons. The molecule has 2 aromatic rings. The Kier molecular flexibility index (Phi) is 5.70. The number of hydrogen-bond acceptors (Lipinski definition) is 5. The molecule has 25 heavy (non-hydrogen) atoms. The number of nitrogens with one attached hydrogen (secondary N) is 2. The molecule has 0 fully saturated rings. The number of carbonyl (C=O) groups excluding carboxylic acids is 2. The molecule has 3 rings (SSSR count). The Morgan fingerprint density at radius 3 is 2.72 bits per heavy atom. The van der Waals surface area contributed by atoms with E-state index in [1.165, 1.54) is 25.2 Å². The molecule has 1 aliphatic rings. The second kappa shape index (κ2) is 8.15. The van der Waals surface area contributed by atoms with Crippen molar-refractivity contribution in [1.29, 1.82) is 0 Å². The van der Waals surface area contributed by atoms with E-state index in [1.807, 2.05) is 30.3 Å². The van der Waals surface area contributed by atoms with E-state index in [0.29, 0.717) is 0 Å². The predicted molar refractivity (Wildman–Crippen MR) is 95.2 cm³/mol. The van der Waals surface area contributed by atoms with E-state index < -0.39 is 11.3 Å². The van der Waals surface area contributed by atoms with E-state index in [2.05, 4.69) is 25.4 Å². The average molecular weight is 359 g/mol. The molecule has 0 unspecified atom stereocenters. The smallest absolute Gasteiger partial charge is 0.321 e. The van der Waals surface area contributed by atoms with Gasteiger partial charge < -0.3 is 9.88 Å². The number of hydrogen-bond donors (Lipinski definition) is 2. The van der Waals surface area contributed by atoms with Crippen LogP contribution in [0.25, 0.3) is 0 Å². The van der Waals surface area contributed by atoms with Gasteiger partial charge in [-0.25, -0.2) is 4.79 Å². The molecule has 1 aromatic heterocycles. The molecule has 7 nitrogen and oxygen atoms in total. The molecule has 2 heterocycles. The molecule has 0 bridgehead atoms. The van der Waals surface area contributed by atoms with E-state index in [1.54, 1.807) is 0 Å². The molecule has 1 atom stereocenters. The van der Waals surface area contributed by atoms with Gasteiger partial charge in [0.1, 0.15) is 11.1 Å². The molecule has 1 aromatic carbocycles. The number of thioether (sulfide) groups is 1. The minimum Gasteiger partial charge on any atom is -0.341 e. The zero-order valence-corrected chi connectivity index (χ0v) is 14.9. The molecule has 1 aliphatic heterocycles. The monoisotopic (exact) mass is 359 g/mol. The van der Waals surface area contributed by atoms with Crippen molar-refractivity contribution in [3.05, 3.63) is 41.7 Å².